The maximum Gasteiger partial charge on any atom is 0.162 e. The number of carbonyl (C=O) groups excluding carboxylic acids is 1. The SMILES string of the molecule is COc1cc2ncnc(N3CC=C(CC(C)=O)CC3)c2cc1OC. The van der Waals surface area contributed by atoms with Crippen LogP contribution in [0.5, 0.6) is 11.5 Å². The number of hydrogen-bond donors (Lipinski definition) is 0. The Morgan fingerprint density at radius 2 is 1.96 bits per heavy atom. The van der Waals surface area contributed by atoms with Crippen molar-refractivity contribution in [2.24, 2.45) is 0 Å². The molecule has 1 aliphatic rings. The molecule has 0 bridgehead atoms. The number of fused-ring (bicyclic) bond motifs is 1. The highest BCUT2D eigenvalue weighted by Gasteiger charge is 2.18. The zero-order valence-electron chi connectivity index (χ0n) is 14.2. The third-order valence-electron chi connectivity index (χ3n) is 4.20. The van der Waals surface area contributed by atoms with E-state index in [1.54, 1.807) is 27.5 Å². The molecule has 0 saturated heterocycles. The molecule has 0 radical (unpaired) electrons. The zero-order valence-corrected chi connectivity index (χ0v) is 14.2. The number of ether oxygens (including phenoxy) is 2. The van der Waals surface area contributed by atoms with Gasteiger partial charge >= 0.3 is 0 Å². The fourth-order valence-corrected chi connectivity index (χ4v) is 3.01. The Balaban J connectivity index is 1.95. The second-order valence-corrected chi connectivity index (χ2v) is 5.86. The number of nitrogens with zero attached hydrogens (tertiary/aromatic N) is 3. The molecule has 2 aromatic rings. The summed E-state index contributed by atoms with van der Waals surface area (Å²) >= 11 is 0. The molecule has 126 valence electrons. The molecule has 0 N–H and O–H groups in total. The molecule has 3 rings (SSSR count). The number of rotatable bonds is 5. The minimum atomic E-state index is 0.207. The van der Waals surface area contributed by atoms with Gasteiger partial charge in [0.15, 0.2) is 11.5 Å². The van der Waals surface area contributed by atoms with Gasteiger partial charge in [-0.05, 0) is 19.4 Å². The smallest absolute Gasteiger partial charge is 0.162 e. The molecule has 0 amide bonds. The number of benzene rings is 1. The summed E-state index contributed by atoms with van der Waals surface area (Å²) in [5.74, 6) is 2.39. The van der Waals surface area contributed by atoms with Crippen molar-refractivity contribution in [1.82, 2.24) is 9.97 Å². The van der Waals surface area contributed by atoms with Crippen LogP contribution >= 0.6 is 0 Å². The van der Waals surface area contributed by atoms with E-state index in [-0.39, 0.29) is 5.78 Å². The molecule has 0 aliphatic carbocycles. The summed E-state index contributed by atoms with van der Waals surface area (Å²) in [5.41, 5.74) is 2.02. The van der Waals surface area contributed by atoms with Crippen LogP contribution in [0, 0.1) is 0 Å². The van der Waals surface area contributed by atoms with E-state index in [4.69, 9.17) is 9.47 Å². The number of methoxy groups -OCH3 is 2. The Morgan fingerprint density at radius 1 is 1.21 bits per heavy atom. The minimum Gasteiger partial charge on any atom is -0.493 e. The molecule has 2 heterocycles. The lowest BCUT2D eigenvalue weighted by Crippen LogP contribution is -2.29. The molecular weight excluding hydrogens is 306 g/mol. The van der Waals surface area contributed by atoms with Gasteiger partial charge in [-0.25, -0.2) is 9.97 Å². The van der Waals surface area contributed by atoms with E-state index >= 15 is 0 Å². The topological polar surface area (TPSA) is 64.6 Å². The molecule has 6 nitrogen and oxygen atoms in total. The number of carbonyl (C=O) groups is 1. The van der Waals surface area contributed by atoms with Crippen molar-refractivity contribution >= 4 is 22.5 Å². The molecule has 0 fully saturated rings. The van der Waals surface area contributed by atoms with Gasteiger partial charge < -0.3 is 14.4 Å². The van der Waals surface area contributed by atoms with Crippen LogP contribution in [0.2, 0.25) is 0 Å². The van der Waals surface area contributed by atoms with E-state index in [2.05, 4.69) is 20.9 Å². The summed E-state index contributed by atoms with van der Waals surface area (Å²) in [7, 11) is 3.22. The number of ketones is 1. The lowest BCUT2D eigenvalue weighted by molar-refractivity contribution is -0.116. The predicted octanol–water partition coefficient (Wildman–Crippen LogP) is 2.76. The average molecular weight is 327 g/mol. The second kappa shape index (κ2) is 6.86. The first kappa shape index (κ1) is 16.2. The van der Waals surface area contributed by atoms with E-state index in [1.807, 2.05) is 12.1 Å². The van der Waals surface area contributed by atoms with Gasteiger partial charge in [0.25, 0.3) is 0 Å². The van der Waals surface area contributed by atoms with Gasteiger partial charge in [0, 0.05) is 31.0 Å². The highest BCUT2D eigenvalue weighted by molar-refractivity contribution is 5.92. The highest BCUT2D eigenvalue weighted by atomic mass is 16.5. The van der Waals surface area contributed by atoms with Gasteiger partial charge in [0.05, 0.1) is 19.7 Å². The van der Waals surface area contributed by atoms with Crippen LogP contribution in [-0.4, -0.2) is 43.1 Å². The van der Waals surface area contributed by atoms with Crippen LogP contribution in [0.15, 0.2) is 30.1 Å². The summed E-state index contributed by atoms with van der Waals surface area (Å²) in [4.78, 5) is 22.3. The van der Waals surface area contributed by atoms with Crippen LogP contribution in [0.25, 0.3) is 10.9 Å². The van der Waals surface area contributed by atoms with E-state index in [0.29, 0.717) is 17.9 Å². The Bertz CT molecular complexity index is 801. The quantitative estimate of drug-likeness (QED) is 0.787. The standard InChI is InChI=1S/C18H21N3O3/c1-12(22)8-13-4-6-21(7-5-13)18-14-9-16(23-2)17(24-3)10-15(14)19-11-20-18/h4,9-11H,5-8H2,1-3H3. The Hall–Kier alpha value is -2.63. The molecule has 0 atom stereocenters. The van der Waals surface area contributed by atoms with E-state index < -0.39 is 0 Å². The third kappa shape index (κ3) is 3.18. The lowest BCUT2D eigenvalue weighted by atomic mass is 10.0. The van der Waals surface area contributed by atoms with Crippen LogP contribution < -0.4 is 14.4 Å². The van der Waals surface area contributed by atoms with Crippen LogP contribution in [0.1, 0.15) is 19.8 Å². The maximum absolute atomic E-state index is 11.3. The fraction of sp³-hybridized carbons (Fsp3) is 0.389. The van der Waals surface area contributed by atoms with Crippen molar-refractivity contribution in [3.8, 4) is 11.5 Å². The first-order valence-corrected chi connectivity index (χ1v) is 7.91. The summed E-state index contributed by atoms with van der Waals surface area (Å²) in [6, 6.07) is 3.78. The molecule has 0 unspecified atom stereocenters. The first-order valence-electron chi connectivity index (χ1n) is 7.91. The molecular formula is C18H21N3O3. The number of hydrogen-bond acceptors (Lipinski definition) is 6. The zero-order chi connectivity index (χ0) is 17.1. The number of Topliss-reactive ketones (excluding diaryl/α,β-unsaturated/α-hetero) is 1. The van der Waals surface area contributed by atoms with Crippen LogP contribution in [-0.2, 0) is 4.79 Å². The fourth-order valence-electron chi connectivity index (χ4n) is 3.01. The number of aromatic nitrogens is 2. The van der Waals surface area contributed by atoms with Gasteiger partial charge in [-0.1, -0.05) is 11.6 Å². The monoisotopic (exact) mass is 327 g/mol. The molecule has 0 saturated carbocycles. The van der Waals surface area contributed by atoms with Crippen molar-refractivity contribution in [3.63, 3.8) is 0 Å². The van der Waals surface area contributed by atoms with E-state index in [1.165, 1.54) is 5.57 Å². The summed E-state index contributed by atoms with van der Waals surface area (Å²) < 4.78 is 10.7. The first-order chi connectivity index (χ1) is 11.6. The van der Waals surface area contributed by atoms with Crippen LogP contribution in [0.3, 0.4) is 0 Å². The molecule has 1 aliphatic heterocycles. The summed E-state index contributed by atoms with van der Waals surface area (Å²) in [6.45, 7) is 3.20. The summed E-state index contributed by atoms with van der Waals surface area (Å²) in [6.07, 6.45) is 5.11. The van der Waals surface area contributed by atoms with Crippen molar-refractivity contribution in [3.05, 3.63) is 30.1 Å². The van der Waals surface area contributed by atoms with Crippen LogP contribution in [0.4, 0.5) is 5.82 Å². The summed E-state index contributed by atoms with van der Waals surface area (Å²) in [5, 5.41) is 0.929. The van der Waals surface area contributed by atoms with Crippen molar-refractivity contribution in [2.45, 2.75) is 19.8 Å². The Labute approximate surface area is 141 Å². The predicted molar refractivity (Wildman–Crippen MR) is 92.9 cm³/mol. The molecule has 24 heavy (non-hydrogen) atoms. The van der Waals surface area contributed by atoms with Gasteiger partial charge in [0.1, 0.15) is 17.9 Å². The molecule has 6 heteroatoms. The van der Waals surface area contributed by atoms with Gasteiger partial charge in [0.2, 0.25) is 0 Å². The normalized spacial score (nSPS) is 14.5. The minimum absolute atomic E-state index is 0.207. The van der Waals surface area contributed by atoms with Crippen molar-refractivity contribution < 1.29 is 14.3 Å². The van der Waals surface area contributed by atoms with Gasteiger partial charge in [-0.2, -0.15) is 0 Å². The van der Waals surface area contributed by atoms with Crippen molar-refractivity contribution in [2.75, 3.05) is 32.2 Å². The highest BCUT2D eigenvalue weighted by Crippen LogP contribution is 2.35. The van der Waals surface area contributed by atoms with E-state index in [9.17, 15) is 4.79 Å². The number of anilines is 1. The third-order valence-corrected chi connectivity index (χ3v) is 4.20. The van der Waals surface area contributed by atoms with E-state index in [0.717, 1.165) is 36.2 Å². The van der Waals surface area contributed by atoms with Crippen molar-refractivity contribution in [1.29, 1.82) is 0 Å². The second-order valence-electron chi connectivity index (χ2n) is 5.86. The Morgan fingerprint density at radius 3 is 2.58 bits per heavy atom. The lowest BCUT2D eigenvalue weighted by Gasteiger charge is -2.28. The Kier molecular flexibility index (Phi) is 4.64. The molecule has 0 spiro atoms. The maximum atomic E-state index is 11.3. The van der Waals surface area contributed by atoms with Gasteiger partial charge in [-0.15, -0.1) is 0 Å². The largest absolute Gasteiger partial charge is 0.493 e. The molecule has 1 aromatic heterocycles. The molecule has 1 aromatic carbocycles. The van der Waals surface area contributed by atoms with Gasteiger partial charge in [-0.3, -0.25) is 4.79 Å². The average Bonchev–Trinajstić information content (AvgIpc) is 2.60.